The highest BCUT2D eigenvalue weighted by molar-refractivity contribution is 5.92. The van der Waals surface area contributed by atoms with E-state index in [-0.39, 0.29) is 12.0 Å². The summed E-state index contributed by atoms with van der Waals surface area (Å²) in [5.74, 6) is 0.212. The lowest BCUT2D eigenvalue weighted by Gasteiger charge is -2.33. The molecule has 1 saturated heterocycles. The highest BCUT2D eigenvalue weighted by Gasteiger charge is 2.26. The maximum atomic E-state index is 12.8. The Kier molecular flexibility index (Phi) is 6.08. The third-order valence-electron chi connectivity index (χ3n) is 4.69. The van der Waals surface area contributed by atoms with Crippen LogP contribution < -0.4 is 5.32 Å². The van der Waals surface area contributed by atoms with E-state index in [9.17, 15) is 9.59 Å². The number of amides is 2. The number of ether oxygens (including phenoxy) is 1. The summed E-state index contributed by atoms with van der Waals surface area (Å²) in [5.41, 5.74) is 3.43. The number of hydrogen-bond donors (Lipinski definition) is 1. The summed E-state index contributed by atoms with van der Waals surface area (Å²) in [6, 6.07) is 7.61. The average molecular weight is 383 g/mol. The van der Waals surface area contributed by atoms with Crippen molar-refractivity contribution < 1.29 is 14.3 Å². The van der Waals surface area contributed by atoms with Gasteiger partial charge in [-0.2, -0.15) is 0 Å². The number of carbonyl (C=O) groups is 2. The first-order chi connectivity index (χ1) is 13.5. The van der Waals surface area contributed by atoms with Crippen LogP contribution in [0.25, 0.3) is 0 Å². The van der Waals surface area contributed by atoms with Crippen molar-refractivity contribution in [2.45, 2.75) is 20.8 Å². The monoisotopic (exact) mass is 383 g/mol. The highest BCUT2D eigenvalue weighted by Crippen LogP contribution is 2.22. The van der Waals surface area contributed by atoms with E-state index in [0.717, 1.165) is 16.8 Å². The van der Waals surface area contributed by atoms with E-state index in [2.05, 4.69) is 15.3 Å². The standard InChI is InChI=1S/C20H25N5O3/c1-4-28-20(27)25-12-10-24(11-13-25)18(26)16-8-9-21-19(22-16)23-17-14(2)6-5-7-15(17)3/h5-9H,4,10-13H2,1-3H3,(H,21,22,23). The summed E-state index contributed by atoms with van der Waals surface area (Å²) in [6.07, 6.45) is 1.24. The fourth-order valence-corrected chi connectivity index (χ4v) is 3.13. The third-order valence-corrected chi connectivity index (χ3v) is 4.69. The molecule has 1 aromatic carbocycles. The Hall–Kier alpha value is -3.16. The quantitative estimate of drug-likeness (QED) is 0.873. The van der Waals surface area contributed by atoms with Crippen LogP contribution in [0.1, 0.15) is 28.5 Å². The zero-order valence-corrected chi connectivity index (χ0v) is 16.4. The van der Waals surface area contributed by atoms with Gasteiger partial charge in [-0.1, -0.05) is 18.2 Å². The van der Waals surface area contributed by atoms with Gasteiger partial charge in [0.15, 0.2) is 0 Å². The molecule has 2 amide bonds. The first-order valence-electron chi connectivity index (χ1n) is 9.37. The molecule has 0 aliphatic carbocycles. The van der Waals surface area contributed by atoms with Crippen LogP contribution >= 0.6 is 0 Å². The molecular weight excluding hydrogens is 358 g/mol. The predicted octanol–water partition coefficient (Wildman–Crippen LogP) is 2.75. The Morgan fingerprint density at radius 2 is 1.71 bits per heavy atom. The molecule has 3 rings (SSSR count). The second-order valence-corrected chi connectivity index (χ2v) is 6.64. The molecule has 2 heterocycles. The molecule has 0 unspecified atom stereocenters. The predicted molar refractivity (Wildman–Crippen MR) is 106 cm³/mol. The Morgan fingerprint density at radius 3 is 2.36 bits per heavy atom. The van der Waals surface area contributed by atoms with Gasteiger partial charge in [0, 0.05) is 38.1 Å². The molecule has 0 spiro atoms. The molecule has 1 aromatic heterocycles. The largest absolute Gasteiger partial charge is 0.450 e. The van der Waals surface area contributed by atoms with Gasteiger partial charge < -0.3 is 19.9 Å². The fourth-order valence-electron chi connectivity index (χ4n) is 3.13. The molecule has 1 N–H and O–H groups in total. The number of para-hydroxylation sites is 1. The lowest BCUT2D eigenvalue weighted by molar-refractivity contribution is 0.0566. The molecule has 0 saturated carbocycles. The van der Waals surface area contributed by atoms with Crippen molar-refractivity contribution in [2.75, 3.05) is 38.1 Å². The van der Waals surface area contributed by atoms with Crippen LogP contribution in [-0.4, -0.2) is 64.6 Å². The number of nitrogens with one attached hydrogen (secondary N) is 1. The van der Waals surface area contributed by atoms with Crippen molar-refractivity contribution in [3.63, 3.8) is 0 Å². The van der Waals surface area contributed by atoms with Crippen molar-refractivity contribution in [1.82, 2.24) is 19.8 Å². The maximum Gasteiger partial charge on any atom is 0.409 e. The van der Waals surface area contributed by atoms with Crippen LogP contribution in [0, 0.1) is 13.8 Å². The molecule has 1 aliphatic rings. The minimum absolute atomic E-state index is 0.171. The van der Waals surface area contributed by atoms with Gasteiger partial charge in [-0.05, 0) is 38.0 Å². The van der Waals surface area contributed by atoms with Gasteiger partial charge in [0.1, 0.15) is 5.69 Å². The van der Waals surface area contributed by atoms with Crippen molar-refractivity contribution >= 4 is 23.6 Å². The zero-order valence-electron chi connectivity index (χ0n) is 16.4. The molecule has 28 heavy (non-hydrogen) atoms. The molecule has 148 valence electrons. The summed E-state index contributed by atoms with van der Waals surface area (Å²) in [5, 5.41) is 3.21. The molecule has 8 nitrogen and oxygen atoms in total. The van der Waals surface area contributed by atoms with Crippen molar-refractivity contribution in [3.8, 4) is 0 Å². The van der Waals surface area contributed by atoms with Crippen LogP contribution in [-0.2, 0) is 4.74 Å². The lowest BCUT2D eigenvalue weighted by atomic mass is 10.1. The van der Waals surface area contributed by atoms with E-state index in [1.807, 2.05) is 32.0 Å². The number of aryl methyl sites for hydroxylation is 2. The Morgan fingerprint density at radius 1 is 1.07 bits per heavy atom. The summed E-state index contributed by atoms with van der Waals surface area (Å²) in [6.45, 7) is 7.92. The molecule has 2 aromatic rings. The van der Waals surface area contributed by atoms with E-state index < -0.39 is 0 Å². The van der Waals surface area contributed by atoms with Crippen LogP contribution in [0.5, 0.6) is 0 Å². The van der Waals surface area contributed by atoms with Crippen LogP contribution in [0.4, 0.5) is 16.4 Å². The normalized spacial score (nSPS) is 14.0. The Labute approximate surface area is 164 Å². The number of piperazine rings is 1. The molecule has 1 fully saturated rings. The van der Waals surface area contributed by atoms with E-state index in [1.165, 1.54) is 0 Å². The van der Waals surface area contributed by atoms with Crippen molar-refractivity contribution in [2.24, 2.45) is 0 Å². The summed E-state index contributed by atoms with van der Waals surface area (Å²) in [4.78, 5) is 36.5. The second kappa shape index (κ2) is 8.69. The Bertz CT molecular complexity index is 842. The van der Waals surface area contributed by atoms with Gasteiger partial charge in [-0.3, -0.25) is 4.79 Å². The lowest BCUT2D eigenvalue weighted by Crippen LogP contribution is -2.50. The zero-order chi connectivity index (χ0) is 20.1. The van der Waals surface area contributed by atoms with E-state index in [1.54, 1.807) is 29.0 Å². The topological polar surface area (TPSA) is 87.7 Å². The third kappa shape index (κ3) is 4.39. The van der Waals surface area contributed by atoms with Gasteiger partial charge >= 0.3 is 6.09 Å². The maximum absolute atomic E-state index is 12.8. The molecule has 8 heteroatoms. The molecular formula is C20H25N5O3. The highest BCUT2D eigenvalue weighted by atomic mass is 16.6. The summed E-state index contributed by atoms with van der Waals surface area (Å²) >= 11 is 0. The first-order valence-corrected chi connectivity index (χ1v) is 9.37. The van der Waals surface area contributed by atoms with Crippen LogP contribution in [0.15, 0.2) is 30.5 Å². The SMILES string of the molecule is CCOC(=O)N1CCN(C(=O)c2ccnc(Nc3c(C)cccc3C)n2)CC1. The van der Waals surface area contributed by atoms with Crippen LogP contribution in [0.2, 0.25) is 0 Å². The van der Waals surface area contributed by atoms with Gasteiger partial charge in [0.25, 0.3) is 5.91 Å². The number of nitrogens with zero attached hydrogens (tertiary/aromatic N) is 4. The van der Waals surface area contributed by atoms with Gasteiger partial charge in [-0.25, -0.2) is 14.8 Å². The minimum Gasteiger partial charge on any atom is -0.450 e. The summed E-state index contributed by atoms with van der Waals surface area (Å²) in [7, 11) is 0. The number of anilines is 2. The number of rotatable bonds is 4. The fraction of sp³-hybridized carbons (Fsp3) is 0.400. The number of aromatic nitrogens is 2. The minimum atomic E-state index is -0.336. The van der Waals surface area contributed by atoms with Crippen LogP contribution in [0.3, 0.4) is 0 Å². The molecule has 0 bridgehead atoms. The van der Waals surface area contributed by atoms with Gasteiger partial charge in [0.2, 0.25) is 5.95 Å². The number of benzene rings is 1. The summed E-state index contributed by atoms with van der Waals surface area (Å²) < 4.78 is 5.01. The molecule has 0 radical (unpaired) electrons. The van der Waals surface area contributed by atoms with Gasteiger partial charge in [0.05, 0.1) is 6.61 Å². The smallest absolute Gasteiger partial charge is 0.409 e. The van der Waals surface area contributed by atoms with Crippen molar-refractivity contribution in [3.05, 3.63) is 47.3 Å². The van der Waals surface area contributed by atoms with E-state index in [0.29, 0.717) is 44.4 Å². The molecule has 0 atom stereocenters. The van der Waals surface area contributed by atoms with Crippen molar-refractivity contribution in [1.29, 1.82) is 0 Å². The van der Waals surface area contributed by atoms with E-state index in [4.69, 9.17) is 4.74 Å². The second-order valence-electron chi connectivity index (χ2n) is 6.64. The average Bonchev–Trinajstić information content (AvgIpc) is 2.71. The van der Waals surface area contributed by atoms with Gasteiger partial charge in [-0.15, -0.1) is 0 Å². The number of hydrogen-bond acceptors (Lipinski definition) is 6. The van der Waals surface area contributed by atoms with E-state index >= 15 is 0 Å². The first kappa shape index (κ1) is 19.6. The Balaban J connectivity index is 1.67. The molecule has 1 aliphatic heterocycles. The number of carbonyl (C=O) groups excluding carboxylic acids is 2.